The molecule has 25 heavy (non-hydrogen) atoms. The molecule has 132 valence electrons. The van der Waals surface area contributed by atoms with Crippen LogP contribution in [0, 0.1) is 5.92 Å². The Hall–Kier alpha value is -2.27. The van der Waals surface area contributed by atoms with Gasteiger partial charge in [0, 0.05) is 30.6 Å². The first kappa shape index (κ1) is 17.5. The minimum Gasteiger partial charge on any atom is -0.472 e. The van der Waals surface area contributed by atoms with Crippen molar-refractivity contribution in [3.8, 4) is 0 Å². The number of nitrogens with one attached hydrogen (secondary N) is 1. The molecule has 5 nitrogen and oxygen atoms in total. The molecule has 1 N–H and O–H groups in total. The Labute approximate surface area is 151 Å². The van der Waals surface area contributed by atoms with Crippen LogP contribution >= 0.6 is 11.6 Å². The van der Waals surface area contributed by atoms with Gasteiger partial charge in [-0.1, -0.05) is 23.7 Å². The molecule has 2 heterocycles. The second-order valence-electron chi connectivity index (χ2n) is 6.25. The van der Waals surface area contributed by atoms with Crippen LogP contribution in [0.15, 0.2) is 47.3 Å². The maximum atomic E-state index is 12.3. The lowest BCUT2D eigenvalue weighted by Crippen LogP contribution is -2.43. The van der Waals surface area contributed by atoms with E-state index in [0.717, 1.165) is 12.0 Å². The van der Waals surface area contributed by atoms with E-state index in [9.17, 15) is 9.59 Å². The highest BCUT2D eigenvalue weighted by Gasteiger charge is 2.27. The molecule has 2 aromatic rings. The number of piperidine rings is 1. The van der Waals surface area contributed by atoms with Crippen molar-refractivity contribution < 1.29 is 14.0 Å². The first-order chi connectivity index (χ1) is 12.1. The van der Waals surface area contributed by atoms with E-state index in [1.165, 1.54) is 12.5 Å². The molecule has 2 amide bonds. The number of halogens is 1. The molecule has 0 radical (unpaired) electrons. The maximum Gasteiger partial charge on any atom is 0.257 e. The van der Waals surface area contributed by atoms with Gasteiger partial charge >= 0.3 is 0 Å². The fraction of sp³-hybridized carbons (Fsp3) is 0.368. The molecule has 1 saturated heterocycles. The van der Waals surface area contributed by atoms with Gasteiger partial charge in [0.1, 0.15) is 6.26 Å². The summed E-state index contributed by atoms with van der Waals surface area (Å²) in [7, 11) is 0. The molecule has 0 atom stereocenters. The van der Waals surface area contributed by atoms with Crippen LogP contribution in [0.3, 0.4) is 0 Å². The smallest absolute Gasteiger partial charge is 0.257 e. The Morgan fingerprint density at radius 1 is 1.24 bits per heavy atom. The summed E-state index contributed by atoms with van der Waals surface area (Å²) in [6.45, 7) is 1.78. The summed E-state index contributed by atoms with van der Waals surface area (Å²) in [4.78, 5) is 26.3. The van der Waals surface area contributed by atoms with E-state index in [0.29, 0.717) is 43.1 Å². The van der Waals surface area contributed by atoms with Crippen molar-refractivity contribution in [2.45, 2.75) is 19.3 Å². The SMILES string of the molecule is O=C(NCCc1cccc(Cl)c1)C1CCN(C(=O)c2ccoc2)CC1. The van der Waals surface area contributed by atoms with Gasteiger partial charge in [-0.15, -0.1) is 0 Å². The van der Waals surface area contributed by atoms with Crippen molar-refractivity contribution >= 4 is 23.4 Å². The zero-order valence-corrected chi connectivity index (χ0v) is 14.7. The third-order valence-electron chi connectivity index (χ3n) is 4.52. The van der Waals surface area contributed by atoms with E-state index in [1.54, 1.807) is 11.0 Å². The second-order valence-corrected chi connectivity index (χ2v) is 6.69. The fourth-order valence-electron chi connectivity index (χ4n) is 3.08. The van der Waals surface area contributed by atoms with Gasteiger partial charge in [-0.05, 0) is 43.0 Å². The summed E-state index contributed by atoms with van der Waals surface area (Å²) in [6, 6.07) is 9.32. The van der Waals surface area contributed by atoms with E-state index >= 15 is 0 Å². The van der Waals surface area contributed by atoms with Crippen molar-refractivity contribution in [1.82, 2.24) is 10.2 Å². The van der Waals surface area contributed by atoms with E-state index in [2.05, 4.69) is 5.32 Å². The molecule has 0 aliphatic carbocycles. The van der Waals surface area contributed by atoms with Crippen LogP contribution in [0.25, 0.3) is 0 Å². The number of carbonyl (C=O) groups excluding carboxylic acids is 2. The van der Waals surface area contributed by atoms with Crippen molar-refractivity contribution in [2.75, 3.05) is 19.6 Å². The Balaban J connectivity index is 1.41. The third-order valence-corrected chi connectivity index (χ3v) is 4.76. The summed E-state index contributed by atoms with van der Waals surface area (Å²) in [6.07, 6.45) is 5.08. The average molecular weight is 361 g/mol. The molecule has 0 saturated carbocycles. The van der Waals surface area contributed by atoms with Crippen LogP contribution in [0.4, 0.5) is 0 Å². The van der Waals surface area contributed by atoms with Gasteiger partial charge in [0.15, 0.2) is 0 Å². The van der Waals surface area contributed by atoms with Gasteiger partial charge in [-0.3, -0.25) is 9.59 Å². The molecule has 0 spiro atoms. The minimum absolute atomic E-state index is 0.0337. The Morgan fingerprint density at radius 2 is 2.04 bits per heavy atom. The van der Waals surface area contributed by atoms with Crippen molar-refractivity contribution in [3.63, 3.8) is 0 Å². The number of hydrogen-bond acceptors (Lipinski definition) is 3. The van der Waals surface area contributed by atoms with Gasteiger partial charge in [-0.25, -0.2) is 0 Å². The topological polar surface area (TPSA) is 62.6 Å². The first-order valence-electron chi connectivity index (χ1n) is 8.47. The molecule has 3 rings (SSSR count). The summed E-state index contributed by atoms with van der Waals surface area (Å²) < 4.78 is 4.95. The van der Waals surface area contributed by atoms with E-state index in [1.807, 2.05) is 24.3 Å². The normalized spacial score (nSPS) is 15.2. The molecule has 1 aliphatic heterocycles. The van der Waals surface area contributed by atoms with Crippen LogP contribution in [0.1, 0.15) is 28.8 Å². The van der Waals surface area contributed by atoms with Crippen LogP contribution in [0.2, 0.25) is 5.02 Å². The largest absolute Gasteiger partial charge is 0.472 e. The van der Waals surface area contributed by atoms with E-state index in [-0.39, 0.29) is 17.7 Å². The van der Waals surface area contributed by atoms with Crippen LogP contribution < -0.4 is 5.32 Å². The molecule has 0 unspecified atom stereocenters. The van der Waals surface area contributed by atoms with Gasteiger partial charge in [-0.2, -0.15) is 0 Å². The monoisotopic (exact) mass is 360 g/mol. The first-order valence-corrected chi connectivity index (χ1v) is 8.85. The lowest BCUT2D eigenvalue weighted by atomic mass is 9.95. The van der Waals surface area contributed by atoms with Gasteiger partial charge in [0.05, 0.1) is 11.8 Å². The number of benzene rings is 1. The molecule has 6 heteroatoms. The summed E-state index contributed by atoms with van der Waals surface area (Å²) >= 11 is 5.96. The highest BCUT2D eigenvalue weighted by molar-refractivity contribution is 6.30. The Bertz CT molecular complexity index is 722. The highest BCUT2D eigenvalue weighted by Crippen LogP contribution is 2.19. The molecule has 1 aliphatic rings. The number of hydrogen-bond donors (Lipinski definition) is 1. The highest BCUT2D eigenvalue weighted by atomic mass is 35.5. The minimum atomic E-state index is -0.0345. The molecular weight excluding hydrogens is 340 g/mol. The molecule has 1 aromatic carbocycles. The number of likely N-dealkylation sites (tertiary alicyclic amines) is 1. The third kappa shape index (κ3) is 4.63. The van der Waals surface area contributed by atoms with Gasteiger partial charge in [0.25, 0.3) is 5.91 Å². The summed E-state index contributed by atoms with van der Waals surface area (Å²) in [5.41, 5.74) is 1.66. The molecule has 1 aromatic heterocycles. The lowest BCUT2D eigenvalue weighted by molar-refractivity contribution is -0.126. The Morgan fingerprint density at radius 3 is 2.72 bits per heavy atom. The van der Waals surface area contributed by atoms with Crippen molar-refractivity contribution in [3.05, 3.63) is 59.0 Å². The number of carbonyl (C=O) groups is 2. The Kier molecular flexibility index (Phi) is 5.76. The average Bonchev–Trinajstić information content (AvgIpc) is 3.16. The van der Waals surface area contributed by atoms with E-state index in [4.69, 9.17) is 16.0 Å². The van der Waals surface area contributed by atoms with Gasteiger partial charge in [0.2, 0.25) is 5.91 Å². The lowest BCUT2D eigenvalue weighted by Gasteiger charge is -2.31. The van der Waals surface area contributed by atoms with Crippen molar-refractivity contribution in [1.29, 1.82) is 0 Å². The zero-order valence-electron chi connectivity index (χ0n) is 13.9. The number of rotatable bonds is 5. The number of nitrogens with zero attached hydrogens (tertiary/aromatic N) is 1. The molecule has 0 bridgehead atoms. The predicted molar refractivity (Wildman–Crippen MR) is 95.5 cm³/mol. The maximum absolute atomic E-state index is 12.3. The quantitative estimate of drug-likeness (QED) is 0.891. The predicted octanol–water partition coefficient (Wildman–Crippen LogP) is 3.14. The summed E-state index contributed by atoms with van der Waals surface area (Å²) in [5, 5.41) is 3.70. The fourth-order valence-corrected chi connectivity index (χ4v) is 3.29. The summed E-state index contributed by atoms with van der Waals surface area (Å²) in [5.74, 6) is -0.00114. The molecular formula is C19H21ClN2O3. The van der Waals surface area contributed by atoms with Crippen LogP contribution in [0.5, 0.6) is 0 Å². The van der Waals surface area contributed by atoms with Crippen LogP contribution in [-0.2, 0) is 11.2 Å². The zero-order chi connectivity index (χ0) is 17.6. The van der Waals surface area contributed by atoms with Crippen molar-refractivity contribution in [2.24, 2.45) is 5.92 Å². The standard InChI is InChI=1S/C19H21ClN2O3/c20-17-3-1-2-14(12-17)4-8-21-18(23)15-5-9-22(10-6-15)19(24)16-7-11-25-13-16/h1-3,7,11-13,15H,4-6,8-10H2,(H,21,23). The van der Waals surface area contributed by atoms with Crippen LogP contribution in [-0.4, -0.2) is 36.3 Å². The van der Waals surface area contributed by atoms with Gasteiger partial charge < -0.3 is 14.6 Å². The molecule has 1 fully saturated rings. The van der Waals surface area contributed by atoms with E-state index < -0.39 is 0 Å². The second kappa shape index (κ2) is 8.21. The number of furan rings is 1. The number of amides is 2.